The molecule has 0 aromatic heterocycles. The van der Waals surface area contributed by atoms with E-state index in [0.29, 0.717) is 6.54 Å². The zero-order chi connectivity index (χ0) is 12.5. The van der Waals surface area contributed by atoms with Crippen LogP contribution in [0.5, 0.6) is 0 Å². The highest BCUT2D eigenvalue weighted by atomic mass is 16.2. The van der Waals surface area contributed by atoms with Crippen molar-refractivity contribution in [1.82, 2.24) is 10.2 Å². The van der Waals surface area contributed by atoms with Gasteiger partial charge in [-0.15, -0.1) is 0 Å². The number of carbonyl (C=O) groups is 2. The van der Waals surface area contributed by atoms with E-state index in [4.69, 9.17) is 0 Å². The molecular formula is C14H16N2O2. The highest BCUT2D eigenvalue weighted by Crippen LogP contribution is 2.28. The van der Waals surface area contributed by atoms with Gasteiger partial charge in [0.2, 0.25) is 11.8 Å². The van der Waals surface area contributed by atoms with Crippen molar-refractivity contribution >= 4 is 11.8 Å². The first-order chi connectivity index (χ1) is 8.77. The second kappa shape index (κ2) is 4.53. The Hall–Kier alpha value is -1.68. The van der Waals surface area contributed by atoms with Gasteiger partial charge in [0.25, 0.3) is 0 Å². The maximum absolute atomic E-state index is 12.2. The molecule has 2 atom stereocenters. The molecule has 2 aliphatic rings. The first-order valence-corrected chi connectivity index (χ1v) is 6.40. The molecule has 1 aromatic carbocycles. The first-order valence-electron chi connectivity index (χ1n) is 6.40. The van der Waals surface area contributed by atoms with E-state index in [-0.39, 0.29) is 23.8 Å². The number of hydrogen-bond donors (Lipinski definition) is 1. The third-order valence-corrected chi connectivity index (χ3v) is 3.76. The summed E-state index contributed by atoms with van der Waals surface area (Å²) in [7, 11) is 0. The van der Waals surface area contributed by atoms with Crippen molar-refractivity contribution in [3.63, 3.8) is 0 Å². The summed E-state index contributed by atoms with van der Waals surface area (Å²) in [5.74, 6) is -0.218. The van der Waals surface area contributed by atoms with E-state index >= 15 is 0 Å². The molecule has 4 heteroatoms. The molecule has 2 fully saturated rings. The second-order valence-electron chi connectivity index (χ2n) is 4.93. The number of nitrogens with one attached hydrogen (secondary N) is 1. The molecule has 0 spiro atoms. The molecule has 2 saturated heterocycles. The lowest BCUT2D eigenvalue weighted by molar-refractivity contribution is -0.140. The molecule has 2 heterocycles. The van der Waals surface area contributed by atoms with Gasteiger partial charge in [-0.3, -0.25) is 14.5 Å². The fourth-order valence-electron chi connectivity index (χ4n) is 2.81. The molecule has 2 amide bonds. The van der Waals surface area contributed by atoms with Gasteiger partial charge in [-0.25, -0.2) is 0 Å². The van der Waals surface area contributed by atoms with Gasteiger partial charge in [0.1, 0.15) is 0 Å². The third-order valence-electron chi connectivity index (χ3n) is 3.76. The number of nitrogens with zero attached hydrogens (tertiary/aromatic N) is 1. The molecule has 0 bridgehead atoms. The number of imide groups is 1. The van der Waals surface area contributed by atoms with Crippen molar-refractivity contribution in [2.45, 2.75) is 25.4 Å². The van der Waals surface area contributed by atoms with Crippen LogP contribution in [-0.2, 0) is 16.1 Å². The minimum absolute atomic E-state index is 0.0129. The lowest BCUT2D eigenvalue weighted by Crippen LogP contribution is -2.44. The summed E-state index contributed by atoms with van der Waals surface area (Å²) in [6.45, 7) is 1.23. The molecule has 94 valence electrons. The van der Waals surface area contributed by atoms with E-state index in [1.54, 1.807) is 0 Å². The van der Waals surface area contributed by atoms with Crippen molar-refractivity contribution in [1.29, 1.82) is 0 Å². The average Bonchev–Trinajstić information content (AvgIpc) is 2.66. The molecule has 1 unspecified atom stereocenters. The van der Waals surface area contributed by atoms with Crippen molar-refractivity contribution in [2.24, 2.45) is 5.92 Å². The van der Waals surface area contributed by atoms with Crippen LogP contribution in [0.25, 0.3) is 0 Å². The van der Waals surface area contributed by atoms with Crippen LogP contribution in [0.1, 0.15) is 18.4 Å². The van der Waals surface area contributed by atoms with Crippen LogP contribution < -0.4 is 5.32 Å². The van der Waals surface area contributed by atoms with Gasteiger partial charge in [0, 0.05) is 0 Å². The summed E-state index contributed by atoms with van der Waals surface area (Å²) in [6.07, 6.45) is 1.80. The van der Waals surface area contributed by atoms with Gasteiger partial charge in [0.05, 0.1) is 18.5 Å². The standard InChI is InChI=1S/C14H16N2O2/c17-13-11-7-4-8-15-12(11)14(18)16(13)9-10-5-2-1-3-6-10/h1-3,5-6,11-12,15H,4,7-9H2/t11?,12-/m1/s1. The van der Waals surface area contributed by atoms with Gasteiger partial charge in [-0.05, 0) is 24.9 Å². The largest absolute Gasteiger partial charge is 0.305 e. The van der Waals surface area contributed by atoms with Gasteiger partial charge in [-0.2, -0.15) is 0 Å². The number of fused-ring (bicyclic) bond motifs is 1. The molecular weight excluding hydrogens is 228 g/mol. The van der Waals surface area contributed by atoms with Crippen LogP contribution in [-0.4, -0.2) is 29.3 Å². The minimum atomic E-state index is -0.282. The Bertz CT molecular complexity index is 448. The first kappa shape index (κ1) is 11.4. The average molecular weight is 244 g/mol. The van der Waals surface area contributed by atoms with Crippen molar-refractivity contribution in [3.8, 4) is 0 Å². The fraction of sp³-hybridized carbons (Fsp3) is 0.429. The molecule has 3 rings (SSSR count). The lowest BCUT2D eigenvalue weighted by atomic mass is 9.93. The van der Waals surface area contributed by atoms with Crippen LogP contribution in [0.4, 0.5) is 0 Å². The fourth-order valence-corrected chi connectivity index (χ4v) is 2.81. The van der Waals surface area contributed by atoms with E-state index in [1.807, 2.05) is 30.3 Å². The molecule has 1 N–H and O–H groups in total. The quantitative estimate of drug-likeness (QED) is 0.787. The predicted octanol–water partition coefficient (Wildman–Crippen LogP) is 0.924. The zero-order valence-electron chi connectivity index (χ0n) is 10.1. The van der Waals surface area contributed by atoms with Crippen molar-refractivity contribution < 1.29 is 9.59 Å². The number of rotatable bonds is 2. The summed E-state index contributed by atoms with van der Waals surface area (Å²) < 4.78 is 0. The van der Waals surface area contributed by atoms with E-state index < -0.39 is 0 Å². The molecule has 18 heavy (non-hydrogen) atoms. The monoisotopic (exact) mass is 244 g/mol. The van der Waals surface area contributed by atoms with Crippen molar-refractivity contribution in [2.75, 3.05) is 6.54 Å². The molecule has 2 aliphatic heterocycles. The van der Waals surface area contributed by atoms with Crippen LogP contribution >= 0.6 is 0 Å². The van der Waals surface area contributed by atoms with Gasteiger partial charge >= 0.3 is 0 Å². The third kappa shape index (κ3) is 1.82. The van der Waals surface area contributed by atoms with E-state index in [2.05, 4.69) is 5.32 Å². The van der Waals surface area contributed by atoms with Crippen molar-refractivity contribution in [3.05, 3.63) is 35.9 Å². The van der Waals surface area contributed by atoms with Crippen LogP contribution in [0.15, 0.2) is 30.3 Å². The Morgan fingerprint density at radius 1 is 1.17 bits per heavy atom. The predicted molar refractivity (Wildman–Crippen MR) is 66.5 cm³/mol. The maximum Gasteiger partial charge on any atom is 0.247 e. The smallest absolute Gasteiger partial charge is 0.247 e. The van der Waals surface area contributed by atoms with Crippen LogP contribution in [0, 0.1) is 5.92 Å². The summed E-state index contributed by atoms with van der Waals surface area (Å²) in [6, 6.07) is 9.37. The highest BCUT2D eigenvalue weighted by Gasteiger charge is 2.48. The highest BCUT2D eigenvalue weighted by molar-refractivity contribution is 6.07. The SMILES string of the molecule is O=C1C2CCCN[C@H]2C(=O)N1Cc1ccccc1. The normalized spacial score (nSPS) is 27.4. The number of hydrogen-bond acceptors (Lipinski definition) is 3. The molecule has 4 nitrogen and oxygen atoms in total. The number of amides is 2. The Morgan fingerprint density at radius 3 is 2.67 bits per heavy atom. The zero-order valence-corrected chi connectivity index (χ0v) is 10.1. The molecule has 0 saturated carbocycles. The number of benzene rings is 1. The Morgan fingerprint density at radius 2 is 1.94 bits per heavy atom. The van der Waals surface area contributed by atoms with Gasteiger partial charge in [-0.1, -0.05) is 30.3 Å². The maximum atomic E-state index is 12.2. The van der Waals surface area contributed by atoms with E-state index in [0.717, 1.165) is 24.9 Å². The summed E-state index contributed by atoms with van der Waals surface area (Å²) >= 11 is 0. The Labute approximate surface area is 106 Å². The Kier molecular flexibility index (Phi) is 2.88. The topological polar surface area (TPSA) is 49.4 Å². The summed E-state index contributed by atoms with van der Waals surface area (Å²) in [5, 5.41) is 3.16. The Balaban J connectivity index is 1.80. The van der Waals surface area contributed by atoms with Gasteiger partial charge < -0.3 is 5.32 Å². The van der Waals surface area contributed by atoms with Crippen LogP contribution in [0.2, 0.25) is 0 Å². The summed E-state index contributed by atoms with van der Waals surface area (Å²) in [4.78, 5) is 25.8. The second-order valence-corrected chi connectivity index (χ2v) is 4.93. The molecule has 0 aliphatic carbocycles. The number of carbonyl (C=O) groups excluding carboxylic acids is 2. The lowest BCUT2D eigenvalue weighted by Gasteiger charge is -2.21. The number of piperidine rings is 1. The van der Waals surface area contributed by atoms with Crippen LogP contribution in [0.3, 0.4) is 0 Å². The van der Waals surface area contributed by atoms with E-state index in [9.17, 15) is 9.59 Å². The molecule has 1 aromatic rings. The minimum Gasteiger partial charge on any atom is -0.305 e. The number of likely N-dealkylation sites (tertiary alicyclic amines) is 1. The van der Waals surface area contributed by atoms with Gasteiger partial charge in [0.15, 0.2) is 0 Å². The molecule has 0 radical (unpaired) electrons. The summed E-state index contributed by atoms with van der Waals surface area (Å²) in [5.41, 5.74) is 0.998. The van der Waals surface area contributed by atoms with E-state index in [1.165, 1.54) is 4.90 Å².